The third-order valence-electron chi connectivity index (χ3n) is 4.87. The van der Waals surface area contributed by atoms with Crippen molar-refractivity contribution in [3.05, 3.63) is 102 Å². The smallest absolute Gasteiger partial charge is 0.254 e. The zero-order chi connectivity index (χ0) is 24.6. The minimum Gasteiger partial charge on any atom is -0.365 e. The third kappa shape index (κ3) is 6.57. The maximum atomic E-state index is 13.5. The molecule has 2 heterocycles. The van der Waals surface area contributed by atoms with E-state index in [1.807, 2.05) is 6.07 Å². The largest absolute Gasteiger partial charge is 0.365 e. The van der Waals surface area contributed by atoms with Crippen LogP contribution in [0, 0.1) is 5.82 Å². The van der Waals surface area contributed by atoms with Crippen molar-refractivity contribution in [2.24, 2.45) is 5.73 Å². The van der Waals surface area contributed by atoms with Gasteiger partial charge >= 0.3 is 0 Å². The predicted octanol–water partition coefficient (Wildman–Crippen LogP) is 3.65. The molecular formula is C25H22FN7O2. The molecule has 0 saturated heterocycles. The number of carbonyl (C=O) groups is 2. The Morgan fingerprint density at radius 3 is 2.54 bits per heavy atom. The topological polar surface area (TPSA) is 135 Å². The zero-order valence-corrected chi connectivity index (χ0v) is 18.5. The molecule has 35 heavy (non-hydrogen) atoms. The lowest BCUT2D eigenvalue weighted by molar-refractivity contribution is -0.115. The quantitative estimate of drug-likeness (QED) is 0.293. The molecule has 176 valence electrons. The van der Waals surface area contributed by atoms with Crippen LogP contribution in [0.5, 0.6) is 0 Å². The van der Waals surface area contributed by atoms with Crippen molar-refractivity contribution >= 4 is 35.0 Å². The van der Waals surface area contributed by atoms with Crippen LogP contribution in [0.15, 0.2) is 79.1 Å². The van der Waals surface area contributed by atoms with Crippen LogP contribution in [0.2, 0.25) is 0 Å². The molecule has 0 aliphatic carbocycles. The van der Waals surface area contributed by atoms with Gasteiger partial charge in [0.2, 0.25) is 11.9 Å². The van der Waals surface area contributed by atoms with E-state index in [2.05, 4.69) is 30.9 Å². The fourth-order valence-corrected chi connectivity index (χ4v) is 3.27. The first-order valence-corrected chi connectivity index (χ1v) is 10.7. The zero-order valence-electron chi connectivity index (χ0n) is 18.5. The van der Waals surface area contributed by atoms with E-state index in [-0.39, 0.29) is 42.0 Å². The van der Waals surface area contributed by atoms with Crippen molar-refractivity contribution in [2.45, 2.75) is 13.0 Å². The summed E-state index contributed by atoms with van der Waals surface area (Å²) in [4.78, 5) is 36.8. The number of amides is 2. The maximum absolute atomic E-state index is 13.5. The number of anilines is 4. The number of nitrogens with zero attached hydrogens (tertiary/aromatic N) is 3. The Labute approximate surface area is 200 Å². The molecule has 0 fully saturated rings. The lowest BCUT2D eigenvalue weighted by Gasteiger charge is -2.12. The van der Waals surface area contributed by atoms with Crippen LogP contribution >= 0.6 is 0 Å². The average molecular weight is 471 g/mol. The van der Waals surface area contributed by atoms with Gasteiger partial charge in [-0.2, -0.15) is 4.98 Å². The lowest BCUT2D eigenvalue weighted by atomic mass is 10.2. The SMILES string of the molecule is NC(=O)c1cnc(Nc2cccc(NC(=O)Cc3ccccn3)c2)nc1NCc1cccc(F)c1. The summed E-state index contributed by atoms with van der Waals surface area (Å²) in [5.74, 6) is -0.855. The van der Waals surface area contributed by atoms with E-state index in [1.165, 1.54) is 18.3 Å². The molecule has 2 aromatic heterocycles. The second-order valence-corrected chi connectivity index (χ2v) is 7.56. The van der Waals surface area contributed by atoms with E-state index < -0.39 is 5.91 Å². The van der Waals surface area contributed by atoms with Gasteiger partial charge in [-0.15, -0.1) is 0 Å². The molecule has 0 aliphatic rings. The Kier molecular flexibility index (Phi) is 7.22. The Morgan fingerprint density at radius 2 is 1.77 bits per heavy atom. The van der Waals surface area contributed by atoms with Crippen molar-refractivity contribution in [3.8, 4) is 0 Å². The highest BCUT2D eigenvalue weighted by molar-refractivity contribution is 5.97. The number of carbonyl (C=O) groups excluding carboxylic acids is 2. The molecule has 10 heteroatoms. The maximum Gasteiger partial charge on any atom is 0.254 e. The molecule has 0 aliphatic heterocycles. The van der Waals surface area contributed by atoms with Crippen LogP contribution in [-0.4, -0.2) is 26.8 Å². The summed E-state index contributed by atoms with van der Waals surface area (Å²) >= 11 is 0. The second kappa shape index (κ2) is 10.8. The number of nitrogens with two attached hydrogens (primary N) is 1. The summed E-state index contributed by atoms with van der Waals surface area (Å²) < 4.78 is 13.5. The van der Waals surface area contributed by atoms with Gasteiger partial charge in [-0.1, -0.05) is 24.3 Å². The van der Waals surface area contributed by atoms with Gasteiger partial charge < -0.3 is 21.7 Å². The van der Waals surface area contributed by atoms with Gasteiger partial charge in [-0.3, -0.25) is 14.6 Å². The van der Waals surface area contributed by atoms with Gasteiger partial charge in [-0.05, 0) is 48.0 Å². The standard InChI is InChI=1S/C25H22FN7O2/c26-17-6-3-5-16(11-17)14-29-24-21(23(27)35)15-30-25(33-24)32-20-9-4-8-19(12-20)31-22(34)13-18-7-1-2-10-28-18/h1-12,15H,13-14H2,(H2,27,35)(H,31,34)(H2,29,30,32,33). The van der Waals surface area contributed by atoms with Crippen molar-refractivity contribution in [2.75, 3.05) is 16.0 Å². The lowest BCUT2D eigenvalue weighted by Crippen LogP contribution is -2.17. The molecule has 0 saturated carbocycles. The number of hydrogen-bond donors (Lipinski definition) is 4. The number of aromatic nitrogens is 3. The van der Waals surface area contributed by atoms with Gasteiger partial charge in [0.25, 0.3) is 5.91 Å². The number of benzene rings is 2. The molecule has 4 aromatic rings. The molecule has 0 atom stereocenters. The van der Waals surface area contributed by atoms with Gasteiger partial charge in [0.1, 0.15) is 11.6 Å². The van der Waals surface area contributed by atoms with Crippen LogP contribution in [0.4, 0.5) is 27.5 Å². The fraction of sp³-hybridized carbons (Fsp3) is 0.0800. The van der Waals surface area contributed by atoms with E-state index in [4.69, 9.17) is 5.73 Å². The van der Waals surface area contributed by atoms with Gasteiger partial charge in [0.15, 0.2) is 0 Å². The summed E-state index contributed by atoms with van der Waals surface area (Å²) in [6, 6.07) is 18.5. The van der Waals surface area contributed by atoms with Crippen molar-refractivity contribution in [1.82, 2.24) is 15.0 Å². The van der Waals surface area contributed by atoms with Crippen molar-refractivity contribution in [3.63, 3.8) is 0 Å². The van der Waals surface area contributed by atoms with Gasteiger partial charge in [0.05, 0.1) is 12.0 Å². The number of hydrogen-bond acceptors (Lipinski definition) is 7. The summed E-state index contributed by atoms with van der Waals surface area (Å²) in [5.41, 5.74) is 8.08. The average Bonchev–Trinajstić information content (AvgIpc) is 2.83. The van der Waals surface area contributed by atoms with Gasteiger partial charge in [0, 0.05) is 36.0 Å². The molecule has 2 aromatic carbocycles. The molecule has 0 radical (unpaired) electrons. The fourth-order valence-electron chi connectivity index (χ4n) is 3.27. The second-order valence-electron chi connectivity index (χ2n) is 7.56. The van der Waals surface area contributed by atoms with E-state index in [1.54, 1.807) is 54.7 Å². The Hall–Kier alpha value is -4.86. The minimum atomic E-state index is -0.698. The van der Waals surface area contributed by atoms with Crippen LogP contribution in [0.1, 0.15) is 21.6 Å². The van der Waals surface area contributed by atoms with E-state index in [0.717, 1.165) is 0 Å². The molecule has 0 unspecified atom stereocenters. The number of primary amides is 1. The van der Waals surface area contributed by atoms with Crippen LogP contribution in [0.25, 0.3) is 0 Å². The number of nitrogens with one attached hydrogen (secondary N) is 3. The molecule has 0 spiro atoms. The van der Waals surface area contributed by atoms with E-state index in [9.17, 15) is 14.0 Å². The van der Waals surface area contributed by atoms with Gasteiger partial charge in [-0.25, -0.2) is 9.37 Å². The molecular weight excluding hydrogens is 449 g/mol. The molecule has 0 bridgehead atoms. The Bertz CT molecular complexity index is 1350. The first-order chi connectivity index (χ1) is 17.0. The highest BCUT2D eigenvalue weighted by Crippen LogP contribution is 2.21. The number of rotatable bonds is 9. The number of pyridine rings is 1. The Morgan fingerprint density at radius 1 is 0.943 bits per heavy atom. The summed E-state index contributed by atoms with van der Waals surface area (Å²) in [5, 5.41) is 8.88. The minimum absolute atomic E-state index is 0.0995. The first-order valence-electron chi connectivity index (χ1n) is 10.7. The van der Waals surface area contributed by atoms with Crippen LogP contribution < -0.4 is 21.7 Å². The third-order valence-corrected chi connectivity index (χ3v) is 4.87. The monoisotopic (exact) mass is 471 g/mol. The van der Waals surface area contributed by atoms with E-state index in [0.29, 0.717) is 22.6 Å². The Balaban J connectivity index is 1.46. The predicted molar refractivity (Wildman–Crippen MR) is 131 cm³/mol. The normalized spacial score (nSPS) is 10.4. The molecule has 9 nitrogen and oxygen atoms in total. The summed E-state index contributed by atoms with van der Waals surface area (Å²) in [7, 11) is 0. The summed E-state index contributed by atoms with van der Waals surface area (Å²) in [6.45, 7) is 0.228. The first kappa shape index (κ1) is 23.3. The van der Waals surface area contributed by atoms with Crippen LogP contribution in [-0.2, 0) is 17.8 Å². The van der Waals surface area contributed by atoms with Crippen molar-refractivity contribution < 1.29 is 14.0 Å². The molecule has 2 amide bonds. The summed E-state index contributed by atoms with van der Waals surface area (Å²) in [6.07, 6.45) is 3.10. The molecule has 4 rings (SSSR count). The highest BCUT2D eigenvalue weighted by Gasteiger charge is 2.13. The van der Waals surface area contributed by atoms with Crippen molar-refractivity contribution in [1.29, 1.82) is 0 Å². The molecule has 5 N–H and O–H groups in total. The van der Waals surface area contributed by atoms with Crippen LogP contribution in [0.3, 0.4) is 0 Å². The highest BCUT2D eigenvalue weighted by atomic mass is 19.1. The van der Waals surface area contributed by atoms with E-state index >= 15 is 0 Å². The number of halogens is 1.